The average molecular weight is 208 g/mol. The molecule has 1 aliphatic rings. The van der Waals surface area contributed by atoms with Gasteiger partial charge in [-0.25, -0.2) is 4.98 Å². The number of pyridine rings is 1. The molecule has 1 aliphatic heterocycles. The number of nitrogens with zero attached hydrogens (tertiary/aromatic N) is 2. The SMILES string of the molecule is OB(O)c1cccc(N2CCOCC2)n1. The summed E-state index contributed by atoms with van der Waals surface area (Å²) < 4.78 is 5.23. The van der Waals surface area contributed by atoms with Crippen LogP contribution < -0.4 is 10.5 Å². The molecule has 80 valence electrons. The van der Waals surface area contributed by atoms with E-state index < -0.39 is 7.12 Å². The van der Waals surface area contributed by atoms with Crippen LogP contribution >= 0.6 is 0 Å². The molecule has 0 spiro atoms. The summed E-state index contributed by atoms with van der Waals surface area (Å²) in [7, 11) is -1.51. The van der Waals surface area contributed by atoms with Gasteiger partial charge in [-0.05, 0) is 12.1 Å². The first-order valence-corrected chi connectivity index (χ1v) is 4.93. The number of aromatic nitrogens is 1. The molecular weight excluding hydrogens is 195 g/mol. The molecule has 1 aromatic rings. The summed E-state index contributed by atoms with van der Waals surface area (Å²) in [4.78, 5) is 6.23. The standard InChI is InChI=1S/C9H13BN2O3/c13-10(14)8-2-1-3-9(11-8)12-4-6-15-7-5-12/h1-3,13-14H,4-7H2. The Labute approximate surface area is 88.5 Å². The minimum absolute atomic E-state index is 0.277. The predicted octanol–water partition coefficient (Wildman–Crippen LogP) is -1.40. The second-order valence-electron chi connectivity index (χ2n) is 3.39. The molecule has 0 unspecified atom stereocenters. The zero-order chi connectivity index (χ0) is 10.7. The van der Waals surface area contributed by atoms with E-state index in [0.29, 0.717) is 13.2 Å². The highest BCUT2D eigenvalue weighted by atomic mass is 16.5. The second kappa shape index (κ2) is 4.61. The van der Waals surface area contributed by atoms with Crippen molar-refractivity contribution in [2.75, 3.05) is 31.2 Å². The van der Waals surface area contributed by atoms with Crippen molar-refractivity contribution >= 4 is 18.5 Å². The van der Waals surface area contributed by atoms with Gasteiger partial charge in [-0.2, -0.15) is 0 Å². The van der Waals surface area contributed by atoms with Gasteiger partial charge in [0.25, 0.3) is 0 Å². The van der Waals surface area contributed by atoms with Crippen molar-refractivity contribution in [3.8, 4) is 0 Å². The van der Waals surface area contributed by atoms with Crippen molar-refractivity contribution in [1.82, 2.24) is 4.98 Å². The number of hydrogen-bond donors (Lipinski definition) is 2. The van der Waals surface area contributed by atoms with Gasteiger partial charge in [0, 0.05) is 13.1 Å². The molecule has 0 aliphatic carbocycles. The van der Waals surface area contributed by atoms with E-state index in [4.69, 9.17) is 14.8 Å². The van der Waals surface area contributed by atoms with Gasteiger partial charge in [0.05, 0.1) is 18.8 Å². The zero-order valence-electron chi connectivity index (χ0n) is 8.33. The van der Waals surface area contributed by atoms with Crippen LogP contribution in [0.3, 0.4) is 0 Å². The van der Waals surface area contributed by atoms with Crippen molar-refractivity contribution in [3.63, 3.8) is 0 Å². The van der Waals surface area contributed by atoms with Crippen molar-refractivity contribution in [2.45, 2.75) is 0 Å². The van der Waals surface area contributed by atoms with Crippen LogP contribution in [0.1, 0.15) is 0 Å². The number of anilines is 1. The van der Waals surface area contributed by atoms with Crippen molar-refractivity contribution in [3.05, 3.63) is 18.2 Å². The molecule has 15 heavy (non-hydrogen) atoms. The van der Waals surface area contributed by atoms with Gasteiger partial charge < -0.3 is 19.7 Å². The van der Waals surface area contributed by atoms with Gasteiger partial charge in [0.2, 0.25) is 0 Å². The first kappa shape index (κ1) is 10.4. The molecule has 0 aromatic carbocycles. The lowest BCUT2D eigenvalue weighted by Gasteiger charge is -2.28. The summed E-state index contributed by atoms with van der Waals surface area (Å²) in [5, 5.41) is 18.0. The molecule has 1 saturated heterocycles. The van der Waals surface area contributed by atoms with Gasteiger partial charge in [-0.3, -0.25) is 0 Å². The topological polar surface area (TPSA) is 65.8 Å². The van der Waals surface area contributed by atoms with Crippen molar-refractivity contribution in [2.24, 2.45) is 0 Å². The molecule has 2 rings (SSSR count). The van der Waals surface area contributed by atoms with Crippen molar-refractivity contribution < 1.29 is 14.8 Å². The minimum atomic E-state index is -1.51. The molecule has 0 amide bonds. The Kier molecular flexibility index (Phi) is 3.20. The molecule has 2 heterocycles. The molecular formula is C9H13BN2O3. The third-order valence-electron chi connectivity index (χ3n) is 2.36. The maximum Gasteiger partial charge on any atom is 0.508 e. The van der Waals surface area contributed by atoms with Crippen LogP contribution in [0.5, 0.6) is 0 Å². The van der Waals surface area contributed by atoms with Crippen LogP contribution in [-0.4, -0.2) is 48.5 Å². The first-order valence-electron chi connectivity index (χ1n) is 4.93. The first-order chi connectivity index (χ1) is 7.27. The van der Waals surface area contributed by atoms with Crippen LogP contribution in [-0.2, 0) is 4.74 Å². The summed E-state index contributed by atoms with van der Waals surface area (Å²) in [5.41, 5.74) is 0.277. The molecule has 1 aromatic heterocycles. The Morgan fingerprint density at radius 1 is 1.27 bits per heavy atom. The molecule has 5 nitrogen and oxygen atoms in total. The molecule has 2 N–H and O–H groups in total. The summed E-state index contributed by atoms with van der Waals surface area (Å²) >= 11 is 0. The lowest BCUT2D eigenvalue weighted by atomic mass is 9.86. The molecule has 1 fully saturated rings. The maximum atomic E-state index is 9.00. The Hall–Kier alpha value is -1.11. The monoisotopic (exact) mass is 208 g/mol. The zero-order valence-corrected chi connectivity index (χ0v) is 8.33. The van der Waals surface area contributed by atoms with Crippen LogP contribution in [0, 0.1) is 0 Å². The number of hydrogen-bond acceptors (Lipinski definition) is 5. The average Bonchev–Trinajstić information content (AvgIpc) is 2.30. The molecule has 0 saturated carbocycles. The van der Waals surface area contributed by atoms with Crippen LogP contribution in [0.25, 0.3) is 0 Å². The lowest BCUT2D eigenvalue weighted by Crippen LogP contribution is -2.39. The van der Waals surface area contributed by atoms with Crippen LogP contribution in [0.4, 0.5) is 5.82 Å². The molecule has 0 atom stereocenters. The van der Waals surface area contributed by atoms with E-state index in [1.807, 2.05) is 6.07 Å². The minimum Gasteiger partial charge on any atom is -0.422 e. The fraction of sp³-hybridized carbons (Fsp3) is 0.444. The Morgan fingerprint density at radius 2 is 2.00 bits per heavy atom. The number of rotatable bonds is 2. The van der Waals surface area contributed by atoms with Gasteiger partial charge in [0.15, 0.2) is 0 Å². The summed E-state index contributed by atoms with van der Waals surface area (Å²) in [6.07, 6.45) is 0. The predicted molar refractivity (Wildman–Crippen MR) is 57.1 cm³/mol. The fourth-order valence-electron chi connectivity index (χ4n) is 1.55. The largest absolute Gasteiger partial charge is 0.508 e. The van der Waals surface area contributed by atoms with E-state index >= 15 is 0 Å². The number of ether oxygens (including phenoxy) is 1. The van der Waals surface area contributed by atoms with E-state index in [1.54, 1.807) is 12.1 Å². The smallest absolute Gasteiger partial charge is 0.422 e. The van der Waals surface area contributed by atoms with Crippen molar-refractivity contribution in [1.29, 1.82) is 0 Å². The Morgan fingerprint density at radius 3 is 2.67 bits per heavy atom. The number of morpholine rings is 1. The van der Waals surface area contributed by atoms with E-state index in [-0.39, 0.29) is 5.59 Å². The Balaban J connectivity index is 2.16. The molecule has 0 bridgehead atoms. The maximum absolute atomic E-state index is 9.00. The second-order valence-corrected chi connectivity index (χ2v) is 3.39. The molecule has 0 radical (unpaired) electrons. The van der Waals surface area contributed by atoms with E-state index in [9.17, 15) is 0 Å². The van der Waals surface area contributed by atoms with Gasteiger partial charge >= 0.3 is 7.12 Å². The lowest BCUT2D eigenvalue weighted by molar-refractivity contribution is 0.122. The molecule has 6 heteroatoms. The van der Waals surface area contributed by atoms with E-state index in [2.05, 4.69) is 9.88 Å². The summed E-state index contributed by atoms with van der Waals surface area (Å²) in [6, 6.07) is 5.22. The van der Waals surface area contributed by atoms with E-state index in [0.717, 1.165) is 18.9 Å². The fourth-order valence-corrected chi connectivity index (χ4v) is 1.55. The van der Waals surface area contributed by atoms with Crippen LogP contribution in [0.15, 0.2) is 18.2 Å². The Bertz CT molecular complexity index is 329. The highest BCUT2D eigenvalue weighted by molar-refractivity contribution is 6.57. The van der Waals surface area contributed by atoms with Gasteiger partial charge in [-0.1, -0.05) is 6.07 Å². The normalized spacial score (nSPS) is 16.5. The third kappa shape index (κ3) is 2.47. The third-order valence-corrected chi connectivity index (χ3v) is 2.36. The quantitative estimate of drug-likeness (QED) is 0.585. The van der Waals surface area contributed by atoms with Crippen LogP contribution in [0.2, 0.25) is 0 Å². The highest BCUT2D eigenvalue weighted by Gasteiger charge is 2.16. The van der Waals surface area contributed by atoms with E-state index in [1.165, 1.54) is 0 Å². The van der Waals surface area contributed by atoms with Gasteiger partial charge in [0.1, 0.15) is 5.82 Å². The van der Waals surface area contributed by atoms with Gasteiger partial charge in [-0.15, -0.1) is 0 Å². The summed E-state index contributed by atoms with van der Waals surface area (Å²) in [5.74, 6) is 0.768. The highest BCUT2D eigenvalue weighted by Crippen LogP contribution is 2.10. The summed E-state index contributed by atoms with van der Waals surface area (Å²) in [6.45, 7) is 2.96.